The van der Waals surface area contributed by atoms with Gasteiger partial charge in [0.1, 0.15) is 5.69 Å². The summed E-state index contributed by atoms with van der Waals surface area (Å²) < 4.78 is 0. The number of hydrogen-bond acceptors (Lipinski definition) is 3. The molecule has 0 bridgehead atoms. The van der Waals surface area contributed by atoms with Gasteiger partial charge in [-0.2, -0.15) is 10.4 Å². The monoisotopic (exact) mass is 315 g/mol. The minimum absolute atomic E-state index is 0.627. The highest BCUT2D eigenvalue weighted by Crippen LogP contribution is 2.30. The van der Waals surface area contributed by atoms with Gasteiger partial charge in [0.05, 0.1) is 22.8 Å². The average Bonchev–Trinajstić information content (AvgIpc) is 3.17. The van der Waals surface area contributed by atoms with Crippen molar-refractivity contribution in [2.75, 3.05) is 14.1 Å². The molecule has 4 aromatic rings. The van der Waals surface area contributed by atoms with Crippen molar-refractivity contribution in [2.24, 2.45) is 0 Å². The number of benzene rings is 2. The van der Waals surface area contributed by atoms with E-state index in [1.54, 1.807) is 0 Å². The van der Waals surface area contributed by atoms with Crippen molar-refractivity contribution in [3.05, 3.63) is 53.6 Å². The molecule has 0 aliphatic carbocycles. The molecule has 0 spiro atoms. The van der Waals surface area contributed by atoms with Crippen LogP contribution in [0.1, 0.15) is 11.1 Å². The van der Waals surface area contributed by atoms with Crippen LogP contribution >= 0.6 is 0 Å². The standard InChI is InChI=1S/C19H17N5/c1-24(2)11-13-4-3-5-16-15(13)9-18(21-16)19-14-7-6-12(10-20)8-17(14)22-23-19/h3-9,21H,11H2,1-2H3,(H,22,23). The predicted molar refractivity (Wildman–Crippen MR) is 95.5 cm³/mol. The minimum atomic E-state index is 0.627. The summed E-state index contributed by atoms with van der Waals surface area (Å²) in [5.74, 6) is 0. The van der Waals surface area contributed by atoms with Crippen LogP contribution in [0.15, 0.2) is 42.5 Å². The molecule has 5 heteroatoms. The van der Waals surface area contributed by atoms with Gasteiger partial charge >= 0.3 is 0 Å². The third kappa shape index (κ3) is 2.34. The molecular weight excluding hydrogens is 298 g/mol. The van der Waals surface area contributed by atoms with Gasteiger partial charge in [0.2, 0.25) is 0 Å². The Morgan fingerprint density at radius 2 is 1.96 bits per heavy atom. The predicted octanol–water partition coefficient (Wildman–Crippen LogP) is 3.64. The first-order valence-corrected chi connectivity index (χ1v) is 7.79. The van der Waals surface area contributed by atoms with E-state index < -0.39 is 0 Å². The molecule has 0 saturated carbocycles. The van der Waals surface area contributed by atoms with Gasteiger partial charge in [0, 0.05) is 22.8 Å². The molecule has 0 aliphatic heterocycles. The Bertz CT molecular complexity index is 1080. The van der Waals surface area contributed by atoms with Crippen LogP contribution in [0.3, 0.4) is 0 Å². The molecule has 118 valence electrons. The van der Waals surface area contributed by atoms with Crippen molar-refractivity contribution >= 4 is 21.8 Å². The van der Waals surface area contributed by atoms with Gasteiger partial charge in [-0.05, 0) is 50.0 Å². The zero-order chi connectivity index (χ0) is 16.7. The summed E-state index contributed by atoms with van der Waals surface area (Å²) in [4.78, 5) is 5.63. The summed E-state index contributed by atoms with van der Waals surface area (Å²) >= 11 is 0. The molecule has 0 aliphatic rings. The van der Waals surface area contributed by atoms with Crippen LogP contribution in [0, 0.1) is 11.3 Å². The lowest BCUT2D eigenvalue weighted by atomic mass is 10.1. The normalized spacial score (nSPS) is 11.4. The van der Waals surface area contributed by atoms with E-state index in [4.69, 9.17) is 5.26 Å². The second kappa shape index (κ2) is 5.52. The van der Waals surface area contributed by atoms with Crippen molar-refractivity contribution < 1.29 is 0 Å². The number of rotatable bonds is 3. The number of fused-ring (bicyclic) bond motifs is 2. The van der Waals surface area contributed by atoms with Crippen LogP contribution in [0.25, 0.3) is 33.2 Å². The second-order valence-electron chi connectivity index (χ2n) is 6.24. The van der Waals surface area contributed by atoms with E-state index in [1.165, 1.54) is 10.9 Å². The molecule has 0 amide bonds. The summed E-state index contributed by atoms with van der Waals surface area (Å²) in [5.41, 5.74) is 5.74. The maximum atomic E-state index is 9.02. The lowest BCUT2D eigenvalue weighted by Crippen LogP contribution is -2.10. The summed E-state index contributed by atoms with van der Waals surface area (Å²) in [6.07, 6.45) is 0. The lowest BCUT2D eigenvalue weighted by molar-refractivity contribution is 0.404. The van der Waals surface area contributed by atoms with Gasteiger partial charge in [-0.15, -0.1) is 0 Å². The maximum absolute atomic E-state index is 9.02. The number of aromatic amines is 2. The Morgan fingerprint density at radius 1 is 1.08 bits per heavy atom. The average molecular weight is 315 g/mol. The SMILES string of the molecule is CN(C)Cc1cccc2[nH]c(-c3n[nH]c4cc(C#N)ccc34)cc12. The van der Waals surface area contributed by atoms with Gasteiger partial charge in [-0.1, -0.05) is 12.1 Å². The molecule has 2 aromatic carbocycles. The largest absolute Gasteiger partial charge is 0.353 e. The Kier molecular flexibility index (Phi) is 3.33. The van der Waals surface area contributed by atoms with Gasteiger partial charge in [-0.3, -0.25) is 5.10 Å². The van der Waals surface area contributed by atoms with Crippen LogP contribution < -0.4 is 0 Å². The van der Waals surface area contributed by atoms with Crippen molar-refractivity contribution in [3.8, 4) is 17.5 Å². The number of nitriles is 1. The van der Waals surface area contributed by atoms with Gasteiger partial charge < -0.3 is 9.88 Å². The van der Waals surface area contributed by atoms with E-state index >= 15 is 0 Å². The molecule has 0 radical (unpaired) electrons. The maximum Gasteiger partial charge on any atom is 0.116 e. The van der Waals surface area contributed by atoms with E-state index in [0.29, 0.717) is 5.56 Å². The summed E-state index contributed by atoms with van der Waals surface area (Å²) in [6, 6.07) is 16.2. The first-order valence-electron chi connectivity index (χ1n) is 7.79. The molecular formula is C19H17N5. The Morgan fingerprint density at radius 3 is 2.75 bits per heavy atom. The van der Waals surface area contributed by atoms with Crippen molar-refractivity contribution in [3.63, 3.8) is 0 Å². The van der Waals surface area contributed by atoms with E-state index in [-0.39, 0.29) is 0 Å². The van der Waals surface area contributed by atoms with Crippen molar-refractivity contribution in [1.82, 2.24) is 20.1 Å². The lowest BCUT2D eigenvalue weighted by Gasteiger charge is -2.10. The summed E-state index contributed by atoms with van der Waals surface area (Å²) in [6.45, 7) is 0.890. The quantitative estimate of drug-likeness (QED) is 0.606. The highest BCUT2D eigenvalue weighted by atomic mass is 15.1. The smallest absolute Gasteiger partial charge is 0.116 e. The fraction of sp³-hybridized carbons (Fsp3) is 0.158. The Hall–Kier alpha value is -3.10. The molecule has 2 N–H and O–H groups in total. The number of hydrogen-bond donors (Lipinski definition) is 2. The molecule has 2 heterocycles. The Labute approximate surface area is 139 Å². The summed E-state index contributed by atoms with van der Waals surface area (Å²) in [5, 5.41) is 18.7. The summed E-state index contributed by atoms with van der Waals surface area (Å²) in [7, 11) is 4.14. The van der Waals surface area contributed by atoms with Gasteiger partial charge in [-0.25, -0.2) is 0 Å². The first-order chi connectivity index (χ1) is 11.7. The number of nitrogens with one attached hydrogen (secondary N) is 2. The Balaban J connectivity index is 1.87. The highest BCUT2D eigenvalue weighted by molar-refractivity contribution is 5.96. The number of aromatic nitrogens is 3. The van der Waals surface area contributed by atoms with E-state index in [2.05, 4.69) is 64.5 Å². The number of nitrogens with zero attached hydrogens (tertiary/aromatic N) is 3. The molecule has 0 atom stereocenters. The van der Waals surface area contributed by atoms with Crippen LogP contribution in [-0.4, -0.2) is 34.2 Å². The minimum Gasteiger partial charge on any atom is -0.353 e. The van der Waals surface area contributed by atoms with Gasteiger partial charge in [0.15, 0.2) is 0 Å². The topological polar surface area (TPSA) is 71.5 Å². The fourth-order valence-corrected chi connectivity index (χ4v) is 3.12. The molecule has 0 unspecified atom stereocenters. The van der Waals surface area contributed by atoms with Crippen molar-refractivity contribution in [1.29, 1.82) is 5.26 Å². The molecule has 4 rings (SSSR count). The van der Waals surface area contributed by atoms with Crippen LogP contribution in [0.2, 0.25) is 0 Å². The van der Waals surface area contributed by atoms with E-state index in [9.17, 15) is 0 Å². The molecule has 2 aromatic heterocycles. The number of H-pyrrole nitrogens is 2. The van der Waals surface area contributed by atoms with Crippen LogP contribution in [-0.2, 0) is 6.54 Å². The molecule has 24 heavy (non-hydrogen) atoms. The molecule has 5 nitrogen and oxygen atoms in total. The third-order valence-electron chi connectivity index (χ3n) is 4.19. The zero-order valence-corrected chi connectivity index (χ0v) is 13.6. The van der Waals surface area contributed by atoms with Crippen LogP contribution in [0.4, 0.5) is 0 Å². The molecule has 0 saturated heterocycles. The fourth-order valence-electron chi connectivity index (χ4n) is 3.12. The zero-order valence-electron chi connectivity index (χ0n) is 13.6. The van der Waals surface area contributed by atoms with Crippen LogP contribution in [0.5, 0.6) is 0 Å². The van der Waals surface area contributed by atoms with E-state index in [1.807, 2.05) is 18.2 Å². The van der Waals surface area contributed by atoms with Gasteiger partial charge in [0.25, 0.3) is 0 Å². The highest BCUT2D eigenvalue weighted by Gasteiger charge is 2.13. The van der Waals surface area contributed by atoms with Crippen molar-refractivity contribution in [2.45, 2.75) is 6.54 Å². The second-order valence-corrected chi connectivity index (χ2v) is 6.24. The first kappa shape index (κ1) is 14.5. The third-order valence-corrected chi connectivity index (χ3v) is 4.19. The van der Waals surface area contributed by atoms with E-state index in [0.717, 1.165) is 34.4 Å². The molecule has 0 fully saturated rings.